The first-order chi connectivity index (χ1) is 15.6. The first-order valence-corrected chi connectivity index (χ1v) is 11.2. The molecule has 0 saturated carbocycles. The van der Waals surface area contributed by atoms with Crippen molar-refractivity contribution in [3.05, 3.63) is 100 Å². The fraction of sp³-hybridized carbons (Fsp3) is 0.259. The Labute approximate surface area is 189 Å². The Morgan fingerprint density at radius 3 is 2.00 bits per heavy atom. The number of nitrogens with one attached hydrogen (secondary N) is 2. The van der Waals surface area contributed by atoms with E-state index in [2.05, 4.69) is 30.7 Å². The third-order valence-corrected chi connectivity index (χ3v) is 6.03. The van der Waals surface area contributed by atoms with Gasteiger partial charge in [0.1, 0.15) is 0 Å². The molecule has 0 unspecified atom stereocenters. The second-order valence-electron chi connectivity index (χ2n) is 8.11. The number of rotatable bonds is 6. The minimum atomic E-state index is -0.127. The topological polar surface area (TPSA) is 61.4 Å². The first-order valence-electron chi connectivity index (χ1n) is 11.2. The number of carbonyl (C=O) groups is 2. The molecule has 1 aliphatic heterocycles. The van der Waals surface area contributed by atoms with E-state index < -0.39 is 0 Å². The number of aryl methyl sites for hydroxylation is 2. The largest absolute Gasteiger partial charge is 0.322 e. The molecular formula is C27H29N3O2. The summed E-state index contributed by atoms with van der Waals surface area (Å²) in [6.45, 7) is 5.45. The van der Waals surface area contributed by atoms with Gasteiger partial charge in [-0.3, -0.25) is 15.0 Å². The van der Waals surface area contributed by atoms with Crippen LogP contribution in [0.4, 0.5) is 5.69 Å². The zero-order valence-corrected chi connectivity index (χ0v) is 18.7. The number of fused-ring (bicyclic) bond motifs is 1. The molecule has 32 heavy (non-hydrogen) atoms. The fourth-order valence-electron chi connectivity index (χ4n) is 3.98. The van der Waals surface area contributed by atoms with Crippen molar-refractivity contribution in [1.82, 2.24) is 10.4 Å². The van der Waals surface area contributed by atoms with Gasteiger partial charge in [-0.25, -0.2) is 5.01 Å². The smallest absolute Gasteiger partial charge is 0.265 e. The highest BCUT2D eigenvalue weighted by atomic mass is 16.2. The molecule has 1 aliphatic rings. The predicted octanol–water partition coefficient (Wildman–Crippen LogP) is 4.77. The van der Waals surface area contributed by atoms with Gasteiger partial charge in [0.05, 0.1) is 0 Å². The van der Waals surface area contributed by atoms with Gasteiger partial charge in [0.15, 0.2) is 0 Å². The zero-order valence-electron chi connectivity index (χ0n) is 18.7. The molecule has 0 aromatic heterocycles. The van der Waals surface area contributed by atoms with Crippen LogP contribution in [-0.4, -0.2) is 23.4 Å². The van der Waals surface area contributed by atoms with E-state index in [0.29, 0.717) is 17.7 Å². The lowest BCUT2D eigenvalue weighted by molar-refractivity contribution is 0.0763. The lowest BCUT2D eigenvalue weighted by Crippen LogP contribution is -2.45. The molecule has 0 fully saturated rings. The Morgan fingerprint density at radius 1 is 0.812 bits per heavy atom. The number of benzene rings is 3. The molecule has 2 amide bonds. The van der Waals surface area contributed by atoms with Gasteiger partial charge >= 0.3 is 0 Å². The van der Waals surface area contributed by atoms with Gasteiger partial charge < -0.3 is 5.32 Å². The molecule has 0 radical (unpaired) electrons. The Morgan fingerprint density at radius 2 is 1.41 bits per heavy atom. The van der Waals surface area contributed by atoms with Crippen LogP contribution in [0.5, 0.6) is 0 Å². The second-order valence-corrected chi connectivity index (χ2v) is 8.11. The van der Waals surface area contributed by atoms with Crippen molar-refractivity contribution >= 4 is 17.5 Å². The van der Waals surface area contributed by atoms with E-state index in [0.717, 1.165) is 37.1 Å². The molecule has 0 saturated heterocycles. The van der Waals surface area contributed by atoms with Crippen LogP contribution in [0.1, 0.15) is 56.8 Å². The lowest BCUT2D eigenvalue weighted by Gasteiger charge is -2.30. The maximum absolute atomic E-state index is 12.8. The van der Waals surface area contributed by atoms with Crippen LogP contribution in [0.2, 0.25) is 0 Å². The average Bonchev–Trinajstić information content (AvgIpc) is 2.84. The molecule has 1 heterocycles. The molecule has 2 N–H and O–H groups in total. The van der Waals surface area contributed by atoms with Gasteiger partial charge in [0.25, 0.3) is 11.8 Å². The van der Waals surface area contributed by atoms with Crippen molar-refractivity contribution in [3.63, 3.8) is 0 Å². The third kappa shape index (κ3) is 4.89. The van der Waals surface area contributed by atoms with E-state index in [9.17, 15) is 9.59 Å². The average molecular weight is 428 g/mol. The second kappa shape index (κ2) is 9.79. The van der Waals surface area contributed by atoms with Crippen molar-refractivity contribution in [2.75, 3.05) is 11.9 Å². The van der Waals surface area contributed by atoms with E-state index in [-0.39, 0.29) is 11.8 Å². The Balaban J connectivity index is 1.46. The van der Waals surface area contributed by atoms with Crippen LogP contribution in [0, 0.1) is 0 Å². The van der Waals surface area contributed by atoms with Crippen LogP contribution in [0.15, 0.2) is 66.7 Å². The van der Waals surface area contributed by atoms with Crippen molar-refractivity contribution in [1.29, 1.82) is 0 Å². The first kappa shape index (κ1) is 21.8. The molecule has 5 heteroatoms. The molecule has 0 atom stereocenters. The molecule has 5 nitrogen and oxygen atoms in total. The van der Waals surface area contributed by atoms with E-state index in [1.54, 1.807) is 0 Å². The van der Waals surface area contributed by atoms with Gasteiger partial charge in [-0.2, -0.15) is 0 Å². The summed E-state index contributed by atoms with van der Waals surface area (Å²) in [5, 5.41) is 4.98. The SMILES string of the molecule is CCc1ccc(C(=O)Nc2cccc3c2CN(NC(=O)c2ccc(CC)cc2)CC3)cc1. The highest BCUT2D eigenvalue weighted by molar-refractivity contribution is 6.04. The van der Waals surface area contributed by atoms with Crippen LogP contribution >= 0.6 is 0 Å². The highest BCUT2D eigenvalue weighted by Gasteiger charge is 2.22. The standard InChI is InChI=1S/C27H29N3O2/c1-3-19-8-12-22(13-9-19)26(31)28-25-7-5-6-21-16-17-30(18-24(21)25)29-27(32)23-14-10-20(4-2)11-15-23/h5-15H,3-4,16-18H2,1-2H3,(H,28,31)(H,29,32). The summed E-state index contributed by atoms with van der Waals surface area (Å²) in [6, 6.07) is 21.4. The molecule has 0 bridgehead atoms. The normalized spacial score (nSPS) is 13.3. The summed E-state index contributed by atoms with van der Waals surface area (Å²) in [5.41, 5.74) is 9.74. The van der Waals surface area contributed by atoms with Crippen molar-refractivity contribution < 1.29 is 9.59 Å². The van der Waals surface area contributed by atoms with Crippen LogP contribution in [0.25, 0.3) is 0 Å². The van der Waals surface area contributed by atoms with Crippen molar-refractivity contribution in [3.8, 4) is 0 Å². The number of carbonyl (C=O) groups excluding carboxylic acids is 2. The van der Waals surface area contributed by atoms with E-state index in [4.69, 9.17) is 0 Å². The summed E-state index contributed by atoms with van der Waals surface area (Å²) in [5.74, 6) is -0.244. The van der Waals surface area contributed by atoms with E-state index in [1.807, 2.05) is 65.7 Å². The van der Waals surface area contributed by atoms with Crippen molar-refractivity contribution in [2.24, 2.45) is 0 Å². The summed E-state index contributed by atoms with van der Waals surface area (Å²) >= 11 is 0. The Bertz CT molecular complexity index is 1100. The summed E-state index contributed by atoms with van der Waals surface area (Å²) in [6.07, 6.45) is 2.69. The lowest BCUT2D eigenvalue weighted by atomic mass is 9.98. The van der Waals surface area contributed by atoms with Gasteiger partial charge in [0, 0.05) is 29.9 Å². The minimum Gasteiger partial charge on any atom is -0.322 e. The summed E-state index contributed by atoms with van der Waals surface area (Å²) in [4.78, 5) is 25.5. The number of hydrogen-bond acceptors (Lipinski definition) is 3. The molecule has 164 valence electrons. The third-order valence-electron chi connectivity index (χ3n) is 6.03. The number of anilines is 1. The summed E-state index contributed by atoms with van der Waals surface area (Å²) < 4.78 is 0. The Hall–Kier alpha value is -3.44. The summed E-state index contributed by atoms with van der Waals surface area (Å²) in [7, 11) is 0. The van der Waals surface area contributed by atoms with E-state index in [1.165, 1.54) is 16.7 Å². The zero-order chi connectivity index (χ0) is 22.5. The van der Waals surface area contributed by atoms with Crippen LogP contribution in [0.3, 0.4) is 0 Å². The fourth-order valence-corrected chi connectivity index (χ4v) is 3.98. The van der Waals surface area contributed by atoms with Gasteiger partial charge in [-0.15, -0.1) is 0 Å². The maximum atomic E-state index is 12.8. The van der Waals surface area contributed by atoms with Crippen LogP contribution in [-0.2, 0) is 25.8 Å². The van der Waals surface area contributed by atoms with Crippen LogP contribution < -0.4 is 10.7 Å². The highest BCUT2D eigenvalue weighted by Crippen LogP contribution is 2.26. The monoisotopic (exact) mass is 427 g/mol. The van der Waals surface area contributed by atoms with Gasteiger partial charge in [-0.05, 0) is 71.8 Å². The van der Waals surface area contributed by atoms with Crippen molar-refractivity contribution in [2.45, 2.75) is 39.7 Å². The van der Waals surface area contributed by atoms with E-state index >= 15 is 0 Å². The quantitative estimate of drug-likeness (QED) is 0.596. The Kier molecular flexibility index (Phi) is 6.66. The molecule has 3 aromatic carbocycles. The molecule has 0 aliphatic carbocycles. The number of amides is 2. The maximum Gasteiger partial charge on any atom is 0.265 e. The number of nitrogens with zero attached hydrogens (tertiary/aromatic N) is 1. The molecule has 4 rings (SSSR count). The van der Waals surface area contributed by atoms with Gasteiger partial charge in [0.2, 0.25) is 0 Å². The number of hydrogen-bond donors (Lipinski definition) is 2. The molecule has 3 aromatic rings. The molecule has 0 spiro atoms. The van der Waals surface area contributed by atoms with Gasteiger partial charge in [-0.1, -0.05) is 50.2 Å². The predicted molar refractivity (Wildman–Crippen MR) is 128 cm³/mol. The minimum absolute atomic E-state index is 0.117. The number of hydrazine groups is 1. The molecular weight excluding hydrogens is 398 g/mol.